The molecular weight excluding hydrogens is 227 g/mol. The van der Waals surface area contributed by atoms with Crippen LogP contribution in [0, 0.1) is 5.82 Å². The Bertz CT molecular complexity index is 544. The Morgan fingerprint density at radius 1 is 1.11 bits per heavy atom. The van der Waals surface area contributed by atoms with Crippen molar-refractivity contribution in [1.29, 1.82) is 0 Å². The van der Waals surface area contributed by atoms with Gasteiger partial charge in [0.05, 0.1) is 0 Å². The van der Waals surface area contributed by atoms with Crippen LogP contribution in [-0.4, -0.2) is 6.29 Å². The lowest BCUT2D eigenvalue weighted by Gasteiger charge is -2.06. The van der Waals surface area contributed by atoms with Crippen molar-refractivity contribution in [3.8, 4) is 11.1 Å². The van der Waals surface area contributed by atoms with E-state index in [9.17, 15) is 9.18 Å². The molecule has 0 aliphatic rings. The van der Waals surface area contributed by atoms with Gasteiger partial charge in [-0.15, -0.1) is 0 Å². The van der Waals surface area contributed by atoms with Crippen molar-refractivity contribution in [2.45, 2.75) is 19.8 Å². The molecule has 2 aromatic rings. The van der Waals surface area contributed by atoms with Crippen LogP contribution in [0.3, 0.4) is 0 Å². The van der Waals surface area contributed by atoms with Crippen molar-refractivity contribution < 1.29 is 9.18 Å². The Hall–Kier alpha value is -1.96. The summed E-state index contributed by atoms with van der Waals surface area (Å²) in [5.41, 5.74) is 3.01. The topological polar surface area (TPSA) is 17.1 Å². The molecule has 0 fully saturated rings. The third-order valence-electron chi connectivity index (χ3n) is 2.93. The van der Waals surface area contributed by atoms with Gasteiger partial charge in [-0.1, -0.05) is 37.6 Å². The Balaban J connectivity index is 2.38. The highest BCUT2D eigenvalue weighted by Gasteiger charge is 2.06. The first kappa shape index (κ1) is 12.5. The number of halogens is 1. The van der Waals surface area contributed by atoms with Crippen LogP contribution in [0.15, 0.2) is 42.5 Å². The molecule has 2 aromatic carbocycles. The number of carbonyl (C=O) groups excluding carboxylic acids is 1. The molecule has 2 heteroatoms. The molecule has 0 heterocycles. The van der Waals surface area contributed by atoms with Gasteiger partial charge in [-0.25, -0.2) is 4.39 Å². The van der Waals surface area contributed by atoms with Gasteiger partial charge >= 0.3 is 0 Å². The third kappa shape index (κ3) is 2.65. The molecule has 0 unspecified atom stereocenters. The highest BCUT2D eigenvalue weighted by Crippen LogP contribution is 2.24. The van der Waals surface area contributed by atoms with E-state index in [0.29, 0.717) is 11.1 Å². The molecule has 0 spiro atoms. The van der Waals surface area contributed by atoms with Crippen molar-refractivity contribution in [3.05, 3.63) is 59.4 Å². The Kier molecular flexibility index (Phi) is 3.88. The predicted octanol–water partition coefficient (Wildman–Crippen LogP) is 4.26. The SMILES string of the molecule is CCCc1ccc(-c2cc(C=O)ccc2F)cc1. The largest absolute Gasteiger partial charge is 0.298 e. The molecule has 0 saturated heterocycles. The van der Waals surface area contributed by atoms with E-state index in [1.807, 2.05) is 24.3 Å². The Labute approximate surface area is 106 Å². The van der Waals surface area contributed by atoms with Crippen LogP contribution in [0.5, 0.6) is 0 Å². The first-order valence-corrected chi connectivity index (χ1v) is 6.08. The second-order valence-corrected chi connectivity index (χ2v) is 4.30. The molecule has 0 aromatic heterocycles. The molecule has 0 aliphatic heterocycles. The van der Waals surface area contributed by atoms with E-state index in [2.05, 4.69) is 6.92 Å². The summed E-state index contributed by atoms with van der Waals surface area (Å²) in [6, 6.07) is 12.2. The van der Waals surface area contributed by atoms with Crippen LogP contribution in [0.2, 0.25) is 0 Å². The van der Waals surface area contributed by atoms with Crippen LogP contribution < -0.4 is 0 Å². The minimum Gasteiger partial charge on any atom is -0.298 e. The van der Waals surface area contributed by atoms with E-state index in [4.69, 9.17) is 0 Å². The average molecular weight is 242 g/mol. The fourth-order valence-electron chi connectivity index (χ4n) is 1.98. The highest BCUT2D eigenvalue weighted by atomic mass is 19.1. The zero-order chi connectivity index (χ0) is 13.0. The lowest BCUT2D eigenvalue weighted by Crippen LogP contribution is -1.89. The van der Waals surface area contributed by atoms with Crippen molar-refractivity contribution in [3.63, 3.8) is 0 Å². The van der Waals surface area contributed by atoms with Gasteiger partial charge in [0.15, 0.2) is 0 Å². The second-order valence-electron chi connectivity index (χ2n) is 4.30. The number of aryl methyl sites for hydroxylation is 1. The summed E-state index contributed by atoms with van der Waals surface area (Å²) in [7, 11) is 0. The summed E-state index contributed by atoms with van der Waals surface area (Å²) in [4.78, 5) is 10.7. The van der Waals surface area contributed by atoms with E-state index in [0.717, 1.165) is 24.7 Å². The number of carbonyl (C=O) groups is 1. The molecule has 18 heavy (non-hydrogen) atoms. The zero-order valence-electron chi connectivity index (χ0n) is 10.3. The van der Waals surface area contributed by atoms with E-state index < -0.39 is 0 Å². The van der Waals surface area contributed by atoms with Crippen LogP contribution in [0.1, 0.15) is 29.3 Å². The molecule has 0 N–H and O–H groups in total. The molecular formula is C16H15FO. The maximum Gasteiger partial charge on any atom is 0.150 e. The maximum absolute atomic E-state index is 13.7. The fraction of sp³-hybridized carbons (Fsp3) is 0.188. The second kappa shape index (κ2) is 5.58. The van der Waals surface area contributed by atoms with Crippen LogP contribution in [0.4, 0.5) is 4.39 Å². The normalized spacial score (nSPS) is 10.3. The van der Waals surface area contributed by atoms with Crippen molar-refractivity contribution in [2.24, 2.45) is 0 Å². The predicted molar refractivity (Wildman–Crippen MR) is 71.2 cm³/mol. The monoisotopic (exact) mass is 242 g/mol. The highest BCUT2D eigenvalue weighted by molar-refractivity contribution is 5.79. The number of benzene rings is 2. The molecule has 0 aliphatic carbocycles. The van der Waals surface area contributed by atoms with Gasteiger partial charge in [-0.2, -0.15) is 0 Å². The van der Waals surface area contributed by atoms with Gasteiger partial charge in [-0.05, 0) is 35.7 Å². The number of rotatable bonds is 4. The number of hydrogen-bond donors (Lipinski definition) is 0. The Morgan fingerprint density at radius 2 is 1.83 bits per heavy atom. The van der Waals surface area contributed by atoms with E-state index in [1.165, 1.54) is 17.7 Å². The van der Waals surface area contributed by atoms with E-state index in [-0.39, 0.29) is 5.82 Å². The summed E-state index contributed by atoms with van der Waals surface area (Å²) in [5, 5.41) is 0. The van der Waals surface area contributed by atoms with Crippen molar-refractivity contribution in [1.82, 2.24) is 0 Å². The Morgan fingerprint density at radius 3 is 2.44 bits per heavy atom. The maximum atomic E-state index is 13.7. The number of hydrogen-bond acceptors (Lipinski definition) is 1. The van der Waals surface area contributed by atoms with Gasteiger partial charge in [0, 0.05) is 11.1 Å². The standard InChI is InChI=1S/C16H15FO/c1-2-3-12-4-7-14(8-5-12)15-10-13(11-18)6-9-16(15)17/h4-11H,2-3H2,1H3. The first-order chi connectivity index (χ1) is 8.74. The van der Waals surface area contributed by atoms with Gasteiger partial charge < -0.3 is 0 Å². The summed E-state index contributed by atoms with van der Waals surface area (Å²) in [5.74, 6) is -0.302. The van der Waals surface area contributed by atoms with Gasteiger partial charge in [0.2, 0.25) is 0 Å². The third-order valence-corrected chi connectivity index (χ3v) is 2.93. The molecule has 2 rings (SSSR count). The molecule has 0 saturated carbocycles. The van der Waals surface area contributed by atoms with Crippen LogP contribution in [0.25, 0.3) is 11.1 Å². The lowest BCUT2D eigenvalue weighted by molar-refractivity contribution is 0.112. The minimum absolute atomic E-state index is 0.302. The molecule has 1 nitrogen and oxygen atoms in total. The first-order valence-electron chi connectivity index (χ1n) is 6.08. The quantitative estimate of drug-likeness (QED) is 0.732. The minimum atomic E-state index is -0.302. The molecule has 0 amide bonds. The molecule has 0 radical (unpaired) electrons. The van der Waals surface area contributed by atoms with Crippen molar-refractivity contribution in [2.75, 3.05) is 0 Å². The number of aldehydes is 1. The fourth-order valence-corrected chi connectivity index (χ4v) is 1.98. The summed E-state index contributed by atoms with van der Waals surface area (Å²) in [6.07, 6.45) is 2.85. The van der Waals surface area contributed by atoms with Gasteiger partial charge in [0.1, 0.15) is 12.1 Å². The molecule has 92 valence electrons. The van der Waals surface area contributed by atoms with Gasteiger partial charge in [-0.3, -0.25) is 4.79 Å². The van der Waals surface area contributed by atoms with E-state index in [1.54, 1.807) is 6.07 Å². The van der Waals surface area contributed by atoms with Crippen LogP contribution in [-0.2, 0) is 6.42 Å². The summed E-state index contributed by atoms with van der Waals surface area (Å²) >= 11 is 0. The lowest BCUT2D eigenvalue weighted by atomic mass is 10.0. The smallest absolute Gasteiger partial charge is 0.150 e. The molecule has 0 atom stereocenters. The average Bonchev–Trinajstić information content (AvgIpc) is 2.41. The van der Waals surface area contributed by atoms with Gasteiger partial charge in [0.25, 0.3) is 0 Å². The summed E-state index contributed by atoms with van der Waals surface area (Å²) in [6.45, 7) is 2.13. The van der Waals surface area contributed by atoms with Crippen LogP contribution >= 0.6 is 0 Å². The van der Waals surface area contributed by atoms with Crippen molar-refractivity contribution >= 4 is 6.29 Å². The molecule has 0 bridgehead atoms. The summed E-state index contributed by atoms with van der Waals surface area (Å²) < 4.78 is 13.7. The zero-order valence-corrected chi connectivity index (χ0v) is 10.3. The van der Waals surface area contributed by atoms with E-state index >= 15 is 0 Å².